The summed E-state index contributed by atoms with van der Waals surface area (Å²) in [5.74, 6) is -0.266. The highest BCUT2D eigenvalue weighted by Crippen LogP contribution is 2.18. The summed E-state index contributed by atoms with van der Waals surface area (Å²) in [5.41, 5.74) is 2.43. The average Bonchev–Trinajstić information content (AvgIpc) is 3.03. The van der Waals surface area contributed by atoms with Crippen molar-refractivity contribution in [1.29, 1.82) is 0 Å². The zero-order valence-electron chi connectivity index (χ0n) is 11.1. The molecule has 0 radical (unpaired) electrons. The zero-order valence-corrected chi connectivity index (χ0v) is 11.9. The quantitative estimate of drug-likeness (QED) is 0.779. The first-order chi connectivity index (χ1) is 10.2. The Bertz CT molecular complexity index is 741. The molecule has 0 unspecified atom stereocenters. The van der Waals surface area contributed by atoms with E-state index in [0.29, 0.717) is 17.1 Å². The van der Waals surface area contributed by atoms with Crippen molar-refractivity contribution in [3.63, 3.8) is 0 Å². The van der Waals surface area contributed by atoms with Gasteiger partial charge in [0.05, 0.1) is 6.33 Å². The van der Waals surface area contributed by atoms with E-state index in [1.165, 1.54) is 6.07 Å². The number of imidazole rings is 1. The lowest BCUT2D eigenvalue weighted by molar-refractivity contribution is 0.613. The van der Waals surface area contributed by atoms with Crippen molar-refractivity contribution in [1.82, 2.24) is 9.55 Å². The van der Waals surface area contributed by atoms with Crippen LogP contribution in [0.5, 0.6) is 0 Å². The van der Waals surface area contributed by atoms with Gasteiger partial charge in [0.25, 0.3) is 0 Å². The molecule has 1 N–H and O–H groups in total. The summed E-state index contributed by atoms with van der Waals surface area (Å²) in [4.78, 5) is 4.02. The summed E-state index contributed by atoms with van der Waals surface area (Å²) in [6.45, 7) is 0.375. The second-order valence-electron chi connectivity index (χ2n) is 4.61. The van der Waals surface area contributed by atoms with E-state index >= 15 is 0 Å². The van der Waals surface area contributed by atoms with Gasteiger partial charge in [0.1, 0.15) is 5.82 Å². The van der Waals surface area contributed by atoms with Crippen LogP contribution < -0.4 is 5.32 Å². The molecule has 5 heteroatoms. The molecule has 2 aromatic carbocycles. The molecule has 106 valence electrons. The third-order valence-electron chi connectivity index (χ3n) is 3.14. The van der Waals surface area contributed by atoms with Crippen molar-refractivity contribution in [2.24, 2.45) is 0 Å². The predicted molar refractivity (Wildman–Crippen MR) is 82.3 cm³/mol. The first-order valence-corrected chi connectivity index (χ1v) is 6.86. The minimum absolute atomic E-state index is 0.266. The number of nitrogens with one attached hydrogen (secondary N) is 1. The van der Waals surface area contributed by atoms with E-state index < -0.39 is 0 Å². The lowest BCUT2D eigenvalue weighted by Crippen LogP contribution is -2.02. The zero-order chi connectivity index (χ0) is 14.7. The Morgan fingerprint density at radius 2 is 2.10 bits per heavy atom. The van der Waals surface area contributed by atoms with Crippen LogP contribution in [0, 0.1) is 5.82 Å². The fourth-order valence-corrected chi connectivity index (χ4v) is 2.26. The number of rotatable bonds is 4. The van der Waals surface area contributed by atoms with Crippen molar-refractivity contribution in [3.05, 3.63) is 77.6 Å². The molecular formula is C16H13ClFN3. The number of aromatic nitrogens is 2. The van der Waals surface area contributed by atoms with E-state index in [-0.39, 0.29) is 5.82 Å². The number of halogens is 2. The van der Waals surface area contributed by atoms with Crippen LogP contribution in [0.4, 0.5) is 10.1 Å². The molecule has 0 bridgehead atoms. The summed E-state index contributed by atoms with van der Waals surface area (Å²) >= 11 is 5.89. The van der Waals surface area contributed by atoms with Gasteiger partial charge in [-0.25, -0.2) is 9.37 Å². The van der Waals surface area contributed by atoms with E-state index in [1.807, 2.05) is 35.0 Å². The molecular weight excluding hydrogens is 289 g/mol. The Kier molecular flexibility index (Phi) is 3.88. The Labute approximate surface area is 127 Å². The van der Waals surface area contributed by atoms with Crippen molar-refractivity contribution in [2.75, 3.05) is 5.32 Å². The fourth-order valence-electron chi connectivity index (χ4n) is 2.06. The van der Waals surface area contributed by atoms with Crippen LogP contribution in [0.2, 0.25) is 5.02 Å². The molecule has 0 spiro atoms. The third kappa shape index (κ3) is 3.23. The SMILES string of the molecule is Fc1ccc(Cl)cc1CNc1cccc(-n2ccnc2)c1. The molecule has 0 aliphatic heterocycles. The highest BCUT2D eigenvalue weighted by molar-refractivity contribution is 6.30. The molecule has 21 heavy (non-hydrogen) atoms. The first kappa shape index (κ1) is 13.6. The molecule has 3 rings (SSSR count). The number of nitrogens with zero attached hydrogens (tertiary/aromatic N) is 2. The molecule has 0 aliphatic rings. The summed E-state index contributed by atoms with van der Waals surface area (Å²) in [5, 5.41) is 3.73. The largest absolute Gasteiger partial charge is 0.381 e. The van der Waals surface area contributed by atoms with Gasteiger partial charge in [-0.3, -0.25) is 0 Å². The van der Waals surface area contributed by atoms with Crippen molar-refractivity contribution >= 4 is 17.3 Å². The summed E-state index contributed by atoms with van der Waals surface area (Å²) in [6, 6.07) is 12.4. The van der Waals surface area contributed by atoms with Crippen LogP contribution in [-0.4, -0.2) is 9.55 Å². The van der Waals surface area contributed by atoms with E-state index in [2.05, 4.69) is 10.3 Å². The van der Waals surface area contributed by atoms with Crippen LogP contribution in [0.1, 0.15) is 5.56 Å². The Morgan fingerprint density at radius 1 is 1.19 bits per heavy atom. The first-order valence-electron chi connectivity index (χ1n) is 6.48. The predicted octanol–water partition coefficient (Wildman–Crippen LogP) is 4.28. The molecule has 1 heterocycles. The molecule has 0 saturated heterocycles. The normalized spacial score (nSPS) is 10.6. The highest BCUT2D eigenvalue weighted by Gasteiger charge is 2.03. The lowest BCUT2D eigenvalue weighted by atomic mass is 10.2. The van der Waals surface area contributed by atoms with Crippen molar-refractivity contribution in [3.8, 4) is 5.69 Å². The maximum Gasteiger partial charge on any atom is 0.128 e. The van der Waals surface area contributed by atoms with Crippen LogP contribution in [0.25, 0.3) is 5.69 Å². The maximum absolute atomic E-state index is 13.7. The molecule has 0 atom stereocenters. The van der Waals surface area contributed by atoms with Gasteiger partial charge in [-0.2, -0.15) is 0 Å². The highest BCUT2D eigenvalue weighted by atomic mass is 35.5. The lowest BCUT2D eigenvalue weighted by Gasteiger charge is -2.10. The Morgan fingerprint density at radius 3 is 2.90 bits per heavy atom. The van der Waals surface area contributed by atoms with Gasteiger partial charge in [-0.05, 0) is 36.4 Å². The molecule has 0 aliphatic carbocycles. The van der Waals surface area contributed by atoms with E-state index in [1.54, 1.807) is 24.7 Å². The van der Waals surface area contributed by atoms with Crippen LogP contribution in [0.15, 0.2) is 61.2 Å². The summed E-state index contributed by atoms with van der Waals surface area (Å²) in [7, 11) is 0. The maximum atomic E-state index is 13.7. The number of anilines is 1. The van der Waals surface area contributed by atoms with Gasteiger partial charge in [-0.15, -0.1) is 0 Å². The fraction of sp³-hybridized carbons (Fsp3) is 0.0625. The van der Waals surface area contributed by atoms with Gasteiger partial charge in [0.15, 0.2) is 0 Å². The topological polar surface area (TPSA) is 29.9 Å². The molecule has 3 aromatic rings. The molecule has 0 fully saturated rings. The Balaban J connectivity index is 1.76. The standard InChI is InChI=1S/C16H13ClFN3/c17-13-4-5-16(18)12(8-13)10-20-14-2-1-3-15(9-14)21-7-6-19-11-21/h1-9,11,20H,10H2. The molecule has 1 aromatic heterocycles. The monoisotopic (exact) mass is 301 g/mol. The second kappa shape index (κ2) is 5.97. The van der Waals surface area contributed by atoms with Gasteiger partial charge in [0.2, 0.25) is 0 Å². The molecule has 0 amide bonds. The van der Waals surface area contributed by atoms with Gasteiger partial charge in [-0.1, -0.05) is 17.7 Å². The van der Waals surface area contributed by atoms with Crippen molar-refractivity contribution < 1.29 is 4.39 Å². The van der Waals surface area contributed by atoms with Gasteiger partial charge >= 0.3 is 0 Å². The number of benzene rings is 2. The molecule has 0 saturated carbocycles. The van der Waals surface area contributed by atoms with E-state index in [4.69, 9.17) is 11.6 Å². The average molecular weight is 302 g/mol. The van der Waals surface area contributed by atoms with Crippen LogP contribution >= 0.6 is 11.6 Å². The second-order valence-corrected chi connectivity index (χ2v) is 5.05. The van der Waals surface area contributed by atoms with Crippen LogP contribution in [0.3, 0.4) is 0 Å². The van der Waals surface area contributed by atoms with Gasteiger partial charge < -0.3 is 9.88 Å². The molecule has 3 nitrogen and oxygen atoms in total. The van der Waals surface area contributed by atoms with Crippen LogP contribution in [-0.2, 0) is 6.54 Å². The number of hydrogen-bond donors (Lipinski definition) is 1. The minimum atomic E-state index is -0.266. The minimum Gasteiger partial charge on any atom is -0.381 e. The van der Waals surface area contributed by atoms with Gasteiger partial charge in [0, 0.05) is 40.9 Å². The smallest absolute Gasteiger partial charge is 0.128 e. The third-order valence-corrected chi connectivity index (χ3v) is 3.37. The Hall–Kier alpha value is -2.33. The number of hydrogen-bond acceptors (Lipinski definition) is 2. The summed E-state index contributed by atoms with van der Waals surface area (Å²) < 4.78 is 15.6. The van der Waals surface area contributed by atoms with Crippen molar-refractivity contribution in [2.45, 2.75) is 6.54 Å². The van der Waals surface area contributed by atoms with E-state index in [9.17, 15) is 4.39 Å². The summed E-state index contributed by atoms with van der Waals surface area (Å²) in [6.07, 6.45) is 5.33. The van der Waals surface area contributed by atoms with E-state index in [0.717, 1.165) is 11.4 Å².